The van der Waals surface area contributed by atoms with E-state index in [2.05, 4.69) is 6.58 Å². The minimum atomic E-state index is -0.508. The Hall–Kier alpha value is -1.48. The number of aliphatic hydroxyl groups excluding tert-OH is 1. The van der Waals surface area contributed by atoms with Crippen LogP contribution in [0.1, 0.15) is 12.8 Å². The number of aliphatic hydroxyl groups is 1. The maximum atomic E-state index is 9.88. The van der Waals surface area contributed by atoms with Crippen molar-refractivity contribution in [2.75, 3.05) is 6.61 Å². The van der Waals surface area contributed by atoms with Gasteiger partial charge in [0.15, 0.2) is 17.6 Å². The Labute approximate surface area is 95.3 Å². The summed E-state index contributed by atoms with van der Waals surface area (Å²) in [5.41, 5.74) is 0. The molecule has 0 saturated heterocycles. The Balaban J connectivity index is 1.99. The van der Waals surface area contributed by atoms with Crippen LogP contribution in [0.5, 0.6) is 11.5 Å². The third kappa shape index (κ3) is 2.36. The van der Waals surface area contributed by atoms with E-state index >= 15 is 0 Å². The summed E-state index contributed by atoms with van der Waals surface area (Å²) in [4.78, 5) is 0. The minimum absolute atomic E-state index is 0.283. The van der Waals surface area contributed by atoms with E-state index in [1.54, 1.807) is 6.08 Å². The van der Waals surface area contributed by atoms with Gasteiger partial charge in [0.25, 0.3) is 0 Å². The predicted octanol–water partition coefficient (Wildman–Crippen LogP) is 2.15. The summed E-state index contributed by atoms with van der Waals surface area (Å²) in [5.74, 6) is 1.45. The van der Waals surface area contributed by atoms with Gasteiger partial charge in [0.05, 0.1) is 6.10 Å². The van der Waals surface area contributed by atoms with E-state index in [0.717, 1.165) is 12.2 Å². The fourth-order valence-electron chi connectivity index (χ4n) is 1.70. The van der Waals surface area contributed by atoms with E-state index in [-0.39, 0.29) is 6.10 Å². The van der Waals surface area contributed by atoms with Crippen molar-refractivity contribution in [3.63, 3.8) is 0 Å². The van der Waals surface area contributed by atoms with Crippen LogP contribution in [0.2, 0.25) is 0 Å². The smallest absolute Gasteiger partial charge is 0.161 e. The van der Waals surface area contributed by atoms with Crippen molar-refractivity contribution in [2.24, 2.45) is 0 Å². The summed E-state index contributed by atoms with van der Waals surface area (Å²) in [6.45, 7) is 4.03. The molecule has 0 bridgehead atoms. The molecule has 0 spiro atoms. The molecule has 3 heteroatoms. The van der Waals surface area contributed by atoms with E-state index < -0.39 is 6.10 Å². The molecule has 0 aromatic heterocycles. The number of rotatable bonds is 4. The van der Waals surface area contributed by atoms with Crippen LogP contribution in [0.25, 0.3) is 0 Å². The zero-order valence-corrected chi connectivity index (χ0v) is 9.13. The van der Waals surface area contributed by atoms with Crippen LogP contribution in [0, 0.1) is 0 Å². The summed E-state index contributed by atoms with van der Waals surface area (Å²) < 4.78 is 11.2. The molecule has 1 N–H and O–H groups in total. The third-order valence-corrected chi connectivity index (χ3v) is 2.63. The lowest BCUT2D eigenvalue weighted by atomic mass is 10.1. The highest BCUT2D eigenvalue weighted by Gasteiger charge is 2.26. The highest BCUT2D eigenvalue weighted by atomic mass is 16.6. The molecule has 86 valence electrons. The molecule has 16 heavy (non-hydrogen) atoms. The molecular weight excluding hydrogens is 204 g/mol. The molecule has 3 nitrogen and oxygen atoms in total. The minimum Gasteiger partial charge on any atom is -0.486 e. The van der Waals surface area contributed by atoms with Gasteiger partial charge in [0.1, 0.15) is 6.61 Å². The second kappa shape index (κ2) is 5.03. The fourth-order valence-corrected chi connectivity index (χ4v) is 1.70. The van der Waals surface area contributed by atoms with E-state index in [0.29, 0.717) is 18.8 Å². The van der Waals surface area contributed by atoms with Crippen molar-refractivity contribution < 1.29 is 14.6 Å². The van der Waals surface area contributed by atoms with Crippen LogP contribution >= 0.6 is 0 Å². The second-order valence-corrected chi connectivity index (χ2v) is 3.85. The Bertz CT molecular complexity index is 362. The standard InChI is InChI=1S/C13H16O3/c1-2-3-6-10(14)13-9-15-11-7-4-5-8-12(11)16-13/h2,4-5,7-8,10,13-14H,1,3,6,9H2. The Morgan fingerprint density at radius 3 is 2.94 bits per heavy atom. The number of para-hydroxylation sites is 2. The van der Waals surface area contributed by atoms with Gasteiger partial charge < -0.3 is 14.6 Å². The van der Waals surface area contributed by atoms with Crippen LogP contribution < -0.4 is 9.47 Å². The summed E-state index contributed by atoms with van der Waals surface area (Å²) in [6, 6.07) is 7.50. The lowest BCUT2D eigenvalue weighted by molar-refractivity contribution is -0.0130. The predicted molar refractivity (Wildman–Crippen MR) is 61.8 cm³/mol. The van der Waals surface area contributed by atoms with Gasteiger partial charge >= 0.3 is 0 Å². The van der Waals surface area contributed by atoms with Crippen molar-refractivity contribution in [2.45, 2.75) is 25.0 Å². The zero-order chi connectivity index (χ0) is 11.4. The van der Waals surface area contributed by atoms with Crippen LogP contribution in [-0.4, -0.2) is 23.9 Å². The molecule has 0 saturated carbocycles. The highest BCUT2D eigenvalue weighted by Crippen LogP contribution is 2.31. The molecule has 0 aliphatic carbocycles. The molecule has 2 unspecified atom stereocenters. The number of hydrogen-bond donors (Lipinski definition) is 1. The summed E-state index contributed by atoms with van der Waals surface area (Å²) in [7, 11) is 0. The molecule has 1 aliphatic rings. The number of hydrogen-bond acceptors (Lipinski definition) is 3. The van der Waals surface area contributed by atoms with Crippen molar-refractivity contribution in [1.29, 1.82) is 0 Å². The first-order valence-electron chi connectivity index (χ1n) is 5.48. The molecule has 2 atom stereocenters. The van der Waals surface area contributed by atoms with Crippen molar-refractivity contribution in [1.82, 2.24) is 0 Å². The molecule has 0 radical (unpaired) electrons. The Morgan fingerprint density at radius 1 is 1.44 bits per heavy atom. The number of fused-ring (bicyclic) bond motifs is 1. The van der Waals surface area contributed by atoms with Crippen molar-refractivity contribution in [3.05, 3.63) is 36.9 Å². The topological polar surface area (TPSA) is 38.7 Å². The number of allylic oxidation sites excluding steroid dienone is 1. The van der Waals surface area contributed by atoms with Crippen LogP contribution in [0.3, 0.4) is 0 Å². The van der Waals surface area contributed by atoms with Crippen LogP contribution in [-0.2, 0) is 0 Å². The van der Waals surface area contributed by atoms with Gasteiger partial charge in [-0.2, -0.15) is 0 Å². The number of ether oxygens (including phenoxy) is 2. The van der Waals surface area contributed by atoms with Gasteiger partial charge in [-0.15, -0.1) is 6.58 Å². The van der Waals surface area contributed by atoms with Gasteiger partial charge in [0.2, 0.25) is 0 Å². The quantitative estimate of drug-likeness (QED) is 0.790. The van der Waals surface area contributed by atoms with E-state index in [4.69, 9.17) is 9.47 Å². The zero-order valence-electron chi connectivity index (χ0n) is 9.13. The average Bonchev–Trinajstić information content (AvgIpc) is 2.35. The molecular formula is C13H16O3. The maximum absolute atomic E-state index is 9.88. The fraction of sp³-hybridized carbons (Fsp3) is 0.385. The van der Waals surface area contributed by atoms with Gasteiger partial charge in [-0.1, -0.05) is 18.2 Å². The molecule has 1 aromatic rings. The lowest BCUT2D eigenvalue weighted by Crippen LogP contribution is -2.39. The van der Waals surface area contributed by atoms with Gasteiger partial charge in [-0.05, 0) is 25.0 Å². The normalized spacial score (nSPS) is 20.2. The third-order valence-electron chi connectivity index (χ3n) is 2.63. The van der Waals surface area contributed by atoms with Crippen molar-refractivity contribution >= 4 is 0 Å². The largest absolute Gasteiger partial charge is 0.486 e. The Morgan fingerprint density at radius 2 is 2.19 bits per heavy atom. The average molecular weight is 220 g/mol. The van der Waals surface area contributed by atoms with E-state index in [1.165, 1.54) is 0 Å². The SMILES string of the molecule is C=CCCC(O)C1COc2ccccc2O1. The van der Waals surface area contributed by atoms with Crippen LogP contribution in [0.15, 0.2) is 36.9 Å². The maximum Gasteiger partial charge on any atom is 0.161 e. The molecule has 1 aromatic carbocycles. The Kier molecular flexibility index (Phi) is 3.47. The summed E-state index contributed by atoms with van der Waals surface area (Å²) in [6.07, 6.45) is 2.43. The summed E-state index contributed by atoms with van der Waals surface area (Å²) in [5, 5.41) is 9.88. The second-order valence-electron chi connectivity index (χ2n) is 3.85. The summed E-state index contributed by atoms with van der Waals surface area (Å²) >= 11 is 0. The van der Waals surface area contributed by atoms with Crippen LogP contribution in [0.4, 0.5) is 0 Å². The van der Waals surface area contributed by atoms with Gasteiger partial charge in [-0.25, -0.2) is 0 Å². The van der Waals surface area contributed by atoms with E-state index in [1.807, 2.05) is 24.3 Å². The molecule has 1 aliphatic heterocycles. The lowest BCUT2D eigenvalue weighted by Gasteiger charge is -2.29. The molecule has 0 amide bonds. The molecule has 2 rings (SSSR count). The highest BCUT2D eigenvalue weighted by molar-refractivity contribution is 5.40. The monoisotopic (exact) mass is 220 g/mol. The number of benzene rings is 1. The van der Waals surface area contributed by atoms with Gasteiger partial charge in [0, 0.05) is 0 Å². The molecule has 0 fully saturated rings. The first-order valence-corrected chi connectivity index (χ1v) is 5.48. The van der Waals surface area contributed by atoms with Crippen molar-refractivity contribution in [3.8, 4) is 11.5 Å². The first kappa shape index (κ1) is 11.0. The first-order chi connectivity index (χ1) is 7.81. The van der Waals surface area contributed by atoms with E-state index in [9.17, 15) is 5.11 Å². The molecule has 1 heterocycles. The van der Waals surface area contributed by atoms with Gasteiger partial charge in [-0.3, -0.25) is 0 Å².